The second-order valence-electron chi connectivity index (χ2n) is 10.4. The lowest BCUT2D eigenvalue weighted by Crippen LogP contribution is -2.43. The largest absolute Gasteiger partial charge is 0.394 e. The minimum atomic E-state index is -0.405. The van der Waals surface area contributed by atoms with Crippen LogP contribution >= 0.6 is 0 Å². The van der Waals surface area contributed by atoms with Crippen molar-refractivity contribution in [2.45, 2.75) is 37.6 Å². The summed E-state index contributed by atoms with van der Waals surface area (Å²) in [6.45, 7) is 3.79. The van der Waals surface area contributed by atoms with Gasteiger partial charge in [-0.25, -0.2) is 4.39 Å². The van der Waals surface area contributed by atoms with E-state index in [1.807, 2.05) is 6.07 Å². The Bertz CT molecular complexity index is 1730. The lowest BCUT2D eigenvalue weighted by atomic mass is 9.84. The van der Waals surface area contributed by atoms with E-state index in [-0.39, 0.29) is 11.2 Å². The molecular weight excluding hydrogens is 483 g/mol. The van der Waals surface area contributed by atoms with Crippen molar-refractivity contribution in [3.8, 4) is 11.1 Å². The van der Waals surface area contributed by atoms with Crippen LogP contribution in [0.5, 0.6) is 0 Å². The third-order valence-corrected chi connectivity index (χ3v) is 8.46. The van der Waals surface area contributed by atoms with Gasteiger partial charge in [-0.1, -0.05) is 12.1 Å². The van der Waals surface area contributed by atoms with Crippen LogP contribution in [0, 0.1) is 5.82 Å². The predicted octanol–water partition coefficient (Wildman–Crippen LogP) is 4.70. The van der Waals surface area contributed by atoms with Crippen LogP contribution in [0.3, 0.4) is 0 Å². The van der Waals surface area contributed by atoms with Crippen LogP contribution in [0.15, 0.2) is 47.5 Å². The second-order valence-corrected chi connectivity index (χ2v) is 10.4. The molecule has 0 atom stereocenters. The molecule has 0 saturated carbocycles. The number of hydrogen-bond acceptors (Lipinski definition) is 6. The molecule has 2 aromatic carbocycles. The average molecular weight is 513 g/mol. The van der Waals surface area contributed by atoms with E-state index in [0.717, 1.165) is 68.3 Å². The number of aromatic amines is 2. The number of ether oxygens (including phenoxy) is 1. The van der Waals surface area contributed by atoms with Crippen LogP contribution < -0.4 is 11.3 Å². The molecule has 2 fully saturated rings. The first kappa shape index (κ1) is 23.3. The van der Waals surface area contributed by atoms with Gasteiger partial charge in [0.25, 0.3) is 5.56 Å². The summed E-state index contributed by atoms with van der Waals surface area (Å²) in [5, 5.41) is 9.21. The highest BCUT2D eigenvalue weighted by Gasteiger charge is 2.29. The van der Waals surface area contributed by atoms with E-state index in [9.17, 15) is 9.18 Å². The number of pyridine rings is 2. The van der Waals surface area contributed by atoms with E-state index in [2.05, 4.69) is 32.2 Å². The molecule has 194 valence electrons. The molecule has 0 amide bonds. The van der Waals surface area contributed by atoms with Crippen LogP contribution in [-0.2, 0) is 4.74 Å². The highest BCUT2D eigenvalue weighted by atomic mass is 19.1. The number of anilines is 1. The van der Waals surface area contributed by atoms with Crippen LogP contribution in [0.1, 0.15) is 37.2 Å². The van der Waals surface area contributed by atoms with Gasteiger partial charge in [0, 0.05) is 47.2 Å². The summed E-state index contributed by atoms with van der Waals surface area (Å²) in [5.74, 6) is -0.0524. The zero-order valence-corrected chi connectivity index (χ0v) is 21.0. The normalized spacial score (nSPS) is 18.1. The van der Waals surface area contributed by atoms with E-state index in [1.54, 1.807) is 18.5 Å². The zero-order chi connectivity index (χ0) is 25.8. The number of rotatable bonds is 3. The molecule has 8 nitrogen and oxygen atoms in total. The molecule has 0 unspecified atom stereocenters. The predicted molar refractivity (Wildman–Crippen MR) is 147 cm³/mol. The molecule has 0 radical (unpaired) electrons. The number of aromatic nitrogens is 4. The Balaban J connectivity index is 1.40. The average Bonchev–Trinajstić information content (AvgIpc) is 3.46. The molecule has 3 aromatic heterocycles. The summed E-state index contributed by atoms with van der Waals surface area (Å²) in [6, 6.07) is 9.86. The molecule has 7 rings (SSSR count). The van der Waals surface area contributed by atoms with E-state index >= 15 is 0 Å². The molecule has 0 aliphatic carbocycles. The number of fused-ring (bicyclic) bond motifs is 4. The molecule has 2 aliphatic heterocycles. The maximum absolute atomic E-state index is 14.5. The maximum atomic E-state index is 14.5. The van der Waals surface area contributed by atoms with Crippen LogP contribution in [0.4, 0.5) is 10.1 Å². The summed E-state index contributed by atoms with van der Waals surface area (Å²) in [6.07, 6.45) is 7.62. The summed E-state index contributed by atoms with van der Waals surface area (Å²) < 4.78 is 20.1. The van der Waals surface area contributed by atoms with E-state index in [0.29, 0.717) is 34.0 Å². The van der Waals surface area contributed by atoms with Gasteiger partial charge < -0.3 is 20.4 Å². The number of H-pyrrole nitrogens is 2. The van der Waals surface area contributed by atoms with E-state index < -0.39 is 11.4 Å². The molecule has 4 N–H and O–H groups in total. The molecule has 9 heteroatoms. The standard InChI is InChI=1S/C29H29FN6O2/c30-23-4-3-18(22-15-33-35-26(22)23)24-21-14-20(16-5-10-36(11-6-16)17-7-12-38-13-8-17)19-2-1-9-32-27(19)28(21)34-29(37)25(24)31/h1-4,9,14-17H,5-8,10-13,31H2,(H,33,35)(H,34,37). The molecule has 5 heterocycles. The van der Waals surface area contributed by atoms with Crippen molar-refractivity contribution in [1.29, 1.82) is 0 Å². The zero-order valence-electron chi connectivity index (χ0n) is 21.0. The number of hydrogen-bond donors (Lipinski definition) is 3. The van der Waals surface area contributed by atoms with Gasteiger partial charge in [-0.2, -0.15) is 5.10 Å². The first-order valence-corrected chi connectivity index (χ1v) is 13.3. The van der Waals surface area contributed by atoms with Crippen molar-refractivity contribution < 1.29 is 9.13 Å². The third-order valence-electron chi connectivity index (χ3n) is 8.46. The van der Waals surface area contributed by atoms with Gasteiger partial charge in [0.2, 0.25) is 0 Å². The number of nitrogen functional groups attached to an aromatic ring is 1. The molecule has 0 spiro atoms. The van der Waals surface area contributed by atoms with Gasteiger partial charge in [0.1, 0.15) is 17.0 Å². The van der Waals surface area contributed by atoms with Crippen molar-refractivity contribution >= 4 is 38.4 Å². The summed E-state index contributed by atoms with van der Waals surface area (Å²) in [7, 11) is 0. The van der Waals surface area contributed by atoms with Crippen LogP contribution in [0.2, 0.25) is 0 Å². The molecule has 5 aromatic rings. The van der Waals surface area contributed by atoms with Gasteiger partial charge in [0.05, 0.1) is 17.2 Å². The first-order chi connectivity index (χ1) is 18.6. The summed E-state index contributed by atoms with van der Waals surface area (Å²) in [4.78, 5) is 23.4. The molecule has 2 saturated heterocycles. The van der Waals surface area contributed by atoms with Crippen molar-refractivity contribution in [2.75, 3.05) is 32.0 Å². The second kappa shape index (κ2) is 9.18. The number of nitrogens with one attached hydrogen (secondary N) is 2. The molecule has 2 aliphatic rings. The smallest absolute Gasteiger partial charge is 0.272 e. The Morgan fingerprint density at radius 1 is 1.03 bits per heavy atom. The minimum Gasteiger partial charge on any atom is -0.394 e. The van der Waals surface area contributed by atoms with E-state index in [1.165, 1.54) is 11.6 Å². The Labute approximate surface area is 218 Å². The fraction of sp³-hybridized carbons (Fsp3) is 0.345. The van der Waals surface area contributed by atoms with Crippen molar-refractivity contribution in [3.05, 3.63) is 64.5 Å². The number of likely N-dealkylation sites (tertiary alicyclic amines) is 1. The number of piperidine rings is 1. The minimum absolute atomic E-state index is 0.0992. The van der Waals surface area contributed by atoms with Crippen molar-refractivity contribution in [1.82, 2.24) is 25.1 Å². The topological polar surface area (TPSA) is 113 Å². The number of nitrogens with zero attached hydrogens (tertiary/aromatic N) is 3. The Hall–Kier alpha value is -3.82. The fourth-order valence-corrected chi connectivity index (χ4v) is 6.51. The SMILES string of the molecule is Nc1c(-c2ccc(F)c3[nH]ncc23)c2cc(C3CCN(C4CCOCC4)CC3)c3cccnc3c2[nH]c1=O. The Kier molecular flexibility index (Phi) is 5.63. The summed E-state index contributed by atoms with van der Waals surface area (Å²) >= 11 is 0. The van der Waals surface area contributed by atoms with Crippen molar-refractivity contribution in [2.24, 2.45) is 0 Å². The molecule has 0 bridgehead atoms. The molecule has 38 heavy (non-hydrogen) atoms. The van der Waals surface area contributed by atoms with Gasteiger partial charge in [-0.3, -0.25) is 14.9 Å². The van der Waals surface area contributed by atoms with Gasteiger partial charge >= 0.3 is 0 Å². The maximum Gasteiger partial charge on any atom is 0.272 e. The lowest BCUT2D eigenvalue weighted by Gasteiger charge is -2.39. The number of halogens is 1. The third kappa shape index (κ3) is 3.68. The number of benzene rings is 2. The fourth-order valence-electron chi connectivity index (χ4n) is 6.51. The monoisotopic (exact) mass is 512 g/mol. The van der Waals surface area contributed by atoms with Gasteiger partial charge in [-0.05, 0) is 74.0 Å². The van der Waals surface area contributed by atoms with Gasteiger partial charge in [0.15, 0.2) is 0 Å². The van der Waals surface area contributed by atoms with E-state index in [4.69, 9.17) is 15.5 Å². The van der Waals surface area contributed by atoms with Gasteiger partial charge in [-0.15, -0.1) is 0 Å². The van der Waals surface area contributed by atoms with Crippen LogP contribution in [-0.4, -0.2) is 57.4 Å². The van der Waals surface area contributed by atoms with Crippen molar-refractivity contribution in [3.63, 3.8) is 0 Å². The summed E-state index contributed by atoms with van der Waals surface area (Å²) in [5.41, 5.74) is 10.3. The Morgan fingerprint density at radius 2 is 1.84 bits per heavy atom. The number of nitrogens with two attached hydrogens (primary N) is 1. The Morgan fingerprint density at radius 3 is 2.66 bits per heavy atom. The molecular formula is C29H29FN6O2. The quantitative estimate of drug-likeness (QED) is 0.302. The lowest BCUT2D eigenvalue weighted by molar-refractivity contribution is 0.0252. The highest BCUT2D eigenvalue weighted by molar-refractivity contribution is 6.14. The highest BCUT2D eigenvalue weighted by Crippen LogP contribution is 2.42. The van der Waals surface area contributed by atoms with Crippen LogP contribution in [0.25, 0.3) is 43.8 Å². The first-order valence-electron chi connectivity index (χ1n) is 13.3.